The smallest absolute Gasteiger partial charge is 0.287 e. The lowest BCUT2D eigenvalue weighted by molar-refractivity contribution is 0.0806. The van der Waals surface area contributed by atoms with Gasteiger partial charge < -0.3 is 14.8 Å². The van der Waals surface area contributed by atoms with Gasteiger partial charge in [-0.3, -0.25) is 4.79 Å². The molecule has 1 amide bonds. The molecule has 0 fully saturated rings. The molecule has 0 radical (unpaired) electrons. The number of carbonyl (C=O) groups is 1. The molecule has 2 aromatic carbocycles. The van der Waals surface area contributed by atoms with Gasteiger partial charge in [0.05, 0.1) is 12.3 Å². The Balaban J connectivity index is 1.89. The van der Waals surface area contributed by atoms with Gasteiger partial charge in [-0.25, -0.2) is 0 Å². The Bertz CT molecular complexity index is 739. The highest BCUT2D eigenvalue weighted by Gasteiger charge is 2.25. The summed E-state index contributed by atoms with van der Waals surface area (Å²) in [4.78, 5) is 12.3. The van der Waals surface area contributed by atoms with E-state index in [1.807, 2.05) is 60.7 Å². The highest BCUT2D eigenvalue weighted by molar-refractivity contribution is 5.91. The first-order chi connectivity index (χ1) is 11.3. The molecule has 0 aliphatic rings. The predicted molar refractivity (Wildman–Crippen MR) is 86.8 cm³/mol. The van der Waals surface area contributed by atoms with Gasteiger partial charge in [0.1, 0.15) is 6.10 Å². The summed E-state index contributed by atoms with van der Waals surface area (Å²) in [6, 6.07) is 21.3. The molecule has 0 aliphatic heterocycles. The van der Waals surface area contributed by atoms with E-state index >= 15 is 0 Å². The zero-order valence-electron chi connectivity index (χ0n) is 12.4. The van der Waals surface area contributed by atoms with E-state index in [0.29, 0.717) is 0 Å². The molecule has 3 aromatic rings. The molecule has 3 rings (SSSR count). The van der Waals surface area contributed by atoms with Crippen molar-refractivity contribution in [3.8, 4) is 0 Å². The van der Waals surface area contributed by atoms with E-state index in [1.54, 1.807) is 12.1 Å². The van der Waals surface area contributed by atoms with Gasteiger partial charge >= 0.3 is 0 Å². The summed E-state index contributed by atoms with van der Waals surface area (Å²) in [6.45, 7) is 0. The van der Waals surface area contributed by atoms with Gasteiger partial charge in [-0.2, -0.15) is 0 Å². The number of furan rings is 1. The van der Waals surface area contributed by atoms with Crippen LogP contribution in [0.25, 0.3) is 0 Å². The summed E-state index contributed by atoms with van der Waals surface area (Å²) in [7, 11) is 0. The average Bonchev–Trinajstić information content (AvgIpc) is 3.15. The van der Waals surface area contributed by atoms with Crippen molar-refractivity contribution in [3.05, 3.63) is 95.9 Å². The van der Waals surface area contributed by atoms with Crippen molar-refractivity contribution < 1.29 is 14.3 Å². The van der Waals surface area contributed by atoms with Crippen LogP contribution in [0.3, 0.4) is 0 Å². The number of amides is 1. The standard InChI is InChI=1S/C19H17NO3/c21-18(15-10-5-2-6-11-15)17(14-8-3-1-4-9-14)20-19(22)16-12-7-13-23-16/h1-13,17-18,21H,(H,20,22). The normalized spacial score (nSPS) is 13.3. The monoisotopic (exact) mass is 307 g/mol. The van der Waals surface area contributed by atoms with Crippen molar-refractivity contribution in [2.24, 2.45) is 0 Å². The molecule has 2 N–H and O–H groups in total. The van der Waals surface area contributed by atoms with E-state index in [9.17, 15) is 9.90 Å². The summed E-state index contributed by atoms with van der Waals surface area (Å²) >= 11 is 0. The van der Waals surface area contributed by atoms with Gasteiger partial charge in [-0.05, 0) is 23.3 Å². The van der Waals surface area contributed by atoms with E-state index in [-0.39, 0.29) is 11.7 Å². The molecule has 0 bridgehead atoms. The number of carbonyl (C=O) groups excluding carboxylic acids is 1. The summed E-state index contributed by atoms with van der Waals surface area (Å²) in [5, 5.41) is 13.6. The van der Waals surface area contributed by atoms with Gasteiger partial charge in [0.25, 0.3) is 5.91 Å². The molecule has 2 atom stereocenters. The Morgan fingerprint density at radius 2 is 1.48 bits per heavy atom. The molecule has 4 nitrogen and oxygen atoms in total. The SMILES string of the molecule is O=C(NC(c1ccccc1)C(O)c1ccccc1)c1ccco1. The fourth-order valence-electron chi connectivity index (χ4n) is 2.47. The van der Waals surface area contributed by atoms with Gasteiger partial charge in [-0.1, -0.05) is 60.7 Å². The van der Waals surface area contributed by atoms with E-state index in [1.165, 1.54) is 6.26 Å². The maximum absolute atomic E-state index is 12.3. The van der Waals surface area contributed by atoms with Crippen LogP contribution < -0.4 is 5.32 Å². The third kappa shape index (κ3) is 3.49. The molecular weight excluding hydrogens is 290 g/mol. The van der Waals surface area contributed by atoms with Crippen LogP contribution in [-0.2, 0) is 0 Å². The predicted octanol–water partition coefficient (Wildman–Crippen LogP) is 3.48. The molecule has 4 heteroatoms. The lowest BCUT2D eigenvalue weighted by Crippen LogP contribution is -2.32. The number of aliphatic hydroxyl groups excluding tert-OH is 1. The van der Waals surface area contributed by atoms with Crippen molar-refractivity contribution in [1.29, 1.82) is 0 Å². The minimum Gasteiger partial charge on any atom is -0.459 e. The third-order valence-corrected chi connectivity index (χ3v) is 3.65. The molecule has 1 aromatic heterocycles. The third-order valence-electron chi connectivity index (χ3n) is 3.65. The number of hydrogen-bond donors (Lipinski definition) is 2. The summed E-state index contributed by atoms with van der Waals surface area (Å²) in [5.41, 5.74) is 1.56. The van der Waals surface area contributed by atoms with Crippen molar-refractivity contribution >= 4 is 5.91 Å². The Hall–Kier alpha value is -2.85. The second-order valence-corrected chi connectivity index (χ2v) is 5.19. The van der Waals surface area contributed by atoms with Crippen molar-refractivity contribution in [2.75, 3.05) is 0 Å². The average molecular weight is 307 g/mol. The minimum absolute atomic E-state index is 0.214. The van der Waals surface area contributed by atoms with Crippen molar-refractivity contribution in [2.45, 2.75) is 12.1 Å². The number of benzene rings is 2. The van der Waals surface area contributed by atoms with Crippen LogP contribution in [0.2, 0.25) is 0 Å². The van der Waals surface area contributed by atoms with Crippen LogP contribution in [0.15, 0.2) is 83.5 Å². The Kier molecular flexibility index (Phi) is 4.54. The minimum atomic E-state index is -0.863. The second-order valence-electron chi connectivity index (χ2n) is 5.19. The lowest BCUT2D eigenvalue weighted by atomic mass is 9.95. The van der Waals surface area contributed by atoms with Crippen molar-refractivity contribution in [1.82, 2.24) is 5.32 Å². The van der Waals surface area contributed by atoms with Crippen LogP contribution in [0, 0.1) is 0 Å². The Labute approximate surface area is 134 Å². The zero-order valence-corrected chi connectivity index (χ0v) is 12.4. The molecule has 0 aliphatic carbocycles. The molecule has 0 saturated carbocycles. The number of nitrogens with one attached hydrogen (secondary N) is 1. The lowest BCUT2D eigenvalue weighted by Gasteiger charge is -2.24. The first-order valence-corrected chi connectivity index (χ1v) is 7.38. The van der Waals surface area contributed by atoms with E-state index in [4.69, 9.17) is 4.42 Å². The van der Waals surface area contributed by atoms with E-state index in [0.717, 1.165) is 11.1 Å². The largest absolute Gasteiger partial charge is 0.459 e. The topological polar surface area (TPSA) is 62.5 Å². The first-order valence-electron chi connectivity index (χ1n) is 7.38. The Morgan fingerprint density at radius 1 is 0.870 bits per heavy atom. The fourth-order valence-corrected chi connectivity index (χ4v) is 2.47. The molecule has 23 heavy (non-hydrogen) atoms. The Morgan fingerprint density at radius 3 is 2.04 bits per heavy atom. The van der Waals surface area contributed by atoms with Gasteiger partial charge in [0.15, 0.2) is 5.76 Å². The van der Waals surface area contributed by atoms with Crippen LogP contribution >= 0.6 is 0 Å². The van der Waals surface area contributed by atoms with Crippen LogP contribution in [0.5, 0.6) is 0 Å². The quantitative estimate of drug-likeness (QED) is 0.758. The van der Waals surface area contributed by atoms with Crippen LogP contribution in [0.4, 0.5) is 0 Å². The molecule has 0 saturated heterocycles. The zero-order chi connectivity index (χ0) is 16.1. The highest BCUT2D eigenvalue weighted by Crippen LogP contribution is 2.29. The summed E-state index contributed by atoms with van der Waals surface area (Å²) in [6.07, 6.45) is 0.581. The van der Waals surface area contributed by atoms with Crippen molar-refractivity contribution in [3.63, 3.8) is 0 Å². The summed E-state index contributed by atoms with van der Waals surface area (Å²) < 4.78 is 5.12. The number of hydrogen-bond acceptors (Lipinski definition) is 3. The number of rotatable bonds is 5. The van der Waals surface area contributed by atoms with Crippen LogP contribution in [-0.4, -0.2) is 11.0 Å². The maximum Gasteiger partial charge on any atom is 0.287 e. The van der Waals surface area contributed by atoms with Gasteiger partial charge in [0, 0.05) is 0 Å². The van der Waals surface area contributed by atoms with E-state index < -0.39 is 12.1 Å². The fraction of sp³-hybridized carbons (Fsp3) is 0.105. The highest BCUT2D eigenvalue weighted by atomic mass is 16.3. The molecule has 116 valence electrons. The van der Waals surface area contributed by atoms with E-state index in [2.05, 4.69) is 5.32 Å². The van der Waals surface area contributed by atoms with Crippen LogP contribution in [0.1, 0.15) is 33.8 Å². The van der Waals surface area contributed by atoms with Gasteiger partial charge in [0.2, 0.25) is 0 Å². The number of aliphatic hydroxyl groups is 1. The first kappa shape index (κ1) is 15.1. The maximum atomic E-state index is 12.3. The molecule has 0 spiro atoms. The second kappa shape index (κ2) is 6.94. The summed E-state index contributed by atoms with van der Waals surface area (Å²) in [5.74, 6) is -0.148. The molecular formula is C19H17NO3. The molecule has 1 heterocycles. The molecule has 2 unspecified atom stereocenters. The van der Waals surface area contributed by atoms with Gasteiger partial charge in [-0.15, -0.1) is 0 Å².